The van der Waals surface area contributed by atoms with Gasteiger partial charge in [0.05, 0.1) is 13.0 Å². The largest absolute Gasteiger partial charge is 0.494 e. The predicted octanol–water partition coefficient (Wildman–Crippen LogP) is 8.03. The summed E-state index contributed by atoms with van der Waals surface area (Å²) >= 11 is 0.920. The normalized spacial score (nSPS) is 12.6. The smallest absolute Gasteiger partial charge is 0.462 e. The topological polar surface area (TPSA) is 57.9 Å². The van der Waals surface area contributed by atoms with E-state index in [0.29, 0.717) is 22.3 Å². The van der Waals surface area contributed by atoms with E-state index in [9.17, 15) is 31.1 Å². The fourth-order valence-corrected chi connectivity index (χ4v) is 4.32. The van der Waals surface area contributed by atoms with Crippen LogP contribution < -0.4 is 0 Å². The molecule has 0 bridgehead atoms. The van der Waals surface area contributed by atoms with Gasteiger partial charge < -0.3 is 9.15 Å². The minimum absolute atomic E-state index is 0.380. The highest BCUT2D eigenvalue weighted by Crippen LogP contribution is 2.38. The Hall–Kier alpha value is -2.96. The summed E-state index contributed by atoms with van der Waals surface area (Å²) in [6.07, 6.45) is -15.6. The van der Waals surface area contributed by atoms with Gasteiger partial charge in [-0.25, -0.2) is 14.3 Å². The summed E-state index contributed by atoms with van der Waals surface area (Å²) in [6.45, 7) is 4.04. The number of esters is 1. The zero-order valence-corrected chi connectivity index (χ0v) is 21.0. The van der Waals surface area contributed by atoms with Crippen LogP contribution in [0.3, 0.4) is 0 Å². The van der Waals surface area contributed by atoms with Crippen molar-refractivity contribution in [2.75, 3.05) is 12.4 Å². The van der Waals surface area contributed by atoms with Gasteiger partial charge in [-0.3, -0.25) is 0 Å². The fraction of sp³-hybridized carbons (Fsp3) is 0.346. The van der Waals surface area contributed by atoms with Gasteiger partial charge in [-0.15, -0.1) is 20.5 Å². The van der Waals surface area contributed by atoms with Crippen LogP contribution in [0.4, 0.5) is 26.3 Å². The van der Waals surface area contributed by atoms with Crippen LogP contribution in [0.25, 0.3) is 22.3 Å². The van der Waals surface area contributed by atoms with Crippen molar-refractivity contribution in [3.63, 3.8) is 0 Å². The number of furan rings is 1. The molecule has 0 aliphatic carbocycles. The van der Waals surface area contributed by atoms with Crippen molar-refractivity contribution in [1.29, 1.82) is 0 Å². The second-order valence-corrected chi connectivity index (χ2v) is 9.15. The predicted molar refractivity (Wildman–Crippen MR) is 129 cm³/mol. The number of fused-ring (bicyclic) bond motifs is 1. The average Bonchev–Trinajstić information content (AvgIpc) is 3.25. The van der Waals surface area contributed by atoms with Gasteiger partial charge in [-0.2, -0.15) is 17.6 Å². The molecule has 1 heterocycles. The lowest BCUT2D eigenvalue weighted by Gasteiger charge is -2.26. The molecule has 0 amide bonds. The average molecular weight is 563 g/mol. The van der Waals surface area contributed by atoms with Crippen molar-refractivity contribution in [2.45, 2.75) is 49.6 Å². The van der Waals surface area contributed by atoms with E-state index in [0.717, 1.165) is 34.7 Å². The molecule has 0 unspecified atom stereocenters. The summed E-state index contributed by atoms with van der Waals surface area (Å²) < 4.78 is 98.9. The van der Waals surface area contributed by atoms with Gasteiger partial charge in [0.25, 0.3) is 0 Å². The first kappa shape index (κ1) is 29.6. The fourth-order valence-electron chi connectivity index (χ4n) is 3.39. The van der Waals surface area contributed by atoms with Gasteiger partial charge in [-0.05, 0) is 36.2 Å². The highest BCUT2D eigenvalue weighted by Gasteiger charge is 2.51. The van der Waals surface area contributed by atoms with Crippen LogP contribution in [0.1, 0.15) is 25.3 Å². The van der Waals surface area contributed by atoms with Crippen molar-refractivity contribution in [3.05, 3.63) is 66.7 Å². The maximum atomic E-state index is 14.0. The molecule has 38 heavy (non-hydrogen) atoms. The van der Waals surface area contributed by atoms with Crippen LogP contribution in [0.2, 0.25) is 0 Å². The van der Waals surface area contributed by atoms with Crippen LogP contribution in [0, 0.1) is 0 Å². The zero-order chi connectivity index (χ0) is 28.0. The maximum Gasteiger partial charge on any atom is 0.494 e. The molecule has 0 radical (unpaired) electrons. The lowest BCUT2D eigenvalue weighted by molar-refractivity contribution is -0.514. The lowest BCUT2D eigenvalue weighted by atomic mass is 10.0. The Morgan fingerprint density at radius 2 is 1.68 bits per heavy atom. The van der Waals surface area contributed by atoms with E-state index >= 15 is 0 Å². The molecule has 0 fully saturated rings. The number of alkyl halides is 6. The van der Waals surface area contributed by atoms with Crippen LogP contribution in [0.5, 0.6) is 0 Å². The number of halogens is 6. The van der Waals surface area contributed by atoms with Gasteiger partial charge in [-0.1, -0.05) is 37.8 Å². The molecule has 0 saturated carbocycles. The first-order valence-corrected chi connectivity index (χ1v) is 12.4. The summed E-state index contributed by atoms with van der Waals surface area (Å²) in [5.74, 6) is -0.798. The molecule has 1 aromatic heterocycles. The molecule has 5 nitrogen and oxygen atoms in total. The molecule has 2 aromatic carbocycles. The number of ether oxygens (including phenoxy) is 3. The third-order valence-corrected chi connectivity index (χ3v) is 6.15. The van der Waals surface area contributed by atoms with E-state index in [1.165, 1.54) is 0 Å². The molecule has 206 valence electrons. The molecular weight excluding hydrogens is 538 g/mol. The van der Waals surface area contributed by atoms with Gasteiger partial charge in [0.2, 0.25) is 0 Å². The van der Waals surface area contributed by atoms with E-state index < -0.39 is 43.9 Å². The van der Waals surface area contributed by atoms with Gasteiger partial charge >= 0.3 is 24.5 Å². The van der Waals surface area contributed by atoms with E-state index in [4.69, 9.17) is 4.42 Å². The number of rotatable bonds is 14. The lowest BCUT2D eigenvalue weighted by Crippen LogP contribution is -2.41. The summed E-state index contributed by atoms with van der Waals surface area (Å²) in [5.41, 5.74) is 2.54. The van der Waals surface area contributed by atoms with Crippen LogP contribution in [-0.4, -0.2) is 36.8 Å². The highest BCUT2D eigenvalue weighted by molar-refractivity contribution is 7.99. The minimum Gasteiger partial charge on any atom is -0.462 e. The Morgan fingerprint density at radius 3 is 2.37 bits per heavy atom. The van der Waals surface area contributed by atoms with Crippen molar-refractivity contribution < 1.29 is 49.8 Å². The number of carbonyl (C=O) groups is 1. The summed E-state index contributed by atoms with van der Waals surface area (Å²) in [4.78, 5) is 11.3. The van der Waals surface area contributed by atoms with Crippen LogP contribution in [-0.2, 0) is 25.4 Å². The standard InChI is InChI=1S/C26H24F6O5S/c1-3-17-7-5-6-8-20(17)22-15-18-9-10-19(16-21(18)35-22)38-14-12-25(29,30)37-26(31,32)36-24(27,28)11-13-34-23(33)4-2/h4-10,15-16H,2-3,11-14H2,1H3. The maximum absolute atomic E-state index is 14.0. The Morgan fingerprint density at radius 1 is 1.00 bits per heavy atom. The van der Waals surface area contributed by atoms with Crippen molar-refractivity contribution in [2.24, 2.45) is 0 Å². The quantitative estimate of drug-likeness (QED) is 0.0652. The molecule has 3 rings (SSSR count). The molecule has 0 atom stereocenters. The molecule has 0 aliphatic heterocycles. The Kier molecular flexibility index (Phi) is 9.55. The van der Waals surface area contributed by atoms with Crippen LogP contribution >= 0.6 is 11.8 Å². The summed E-state index contributed by atoms with van der Waals surface area (Å²) in [5, 5.41) is 0.792. The summed E-state index contributed by atoms with van der Waals surface area (Å²) in [7, 11) is 0. The SMILES string of the molecule is C=CC(=O)OCCC(F)(F)OC(F)(F)OC(F)(F)CCSc1ccc2cc(-c3ccccc3CC)oc2c1. The first-order chi connectivity index (χ1) is 17.8. The van der Waals surface area contributed by atoms with Crippen LogP contribution in [0.15, 0.2) is 70.5 Å². The second kappa shape index (κ2) is 12.3. The highest BCUT2D eigenvalue weighted by atomic mass is 32.2. The Bertz CT molecular complexity index is 1260. The van der Waals surface area contributed by atoms with Gasteiger partial charge in [0, 0.05) is 34.1 Å². The number of benzene rings is 2. The third kappa shape index (κ3) is 8.53. The van der Waals surface area contributed by atoms with E-state index in [1.807, 2.05) is 37.3 Å². The molecular formula is C26H24F6O5S. The number of thioether (sulfide) groups is 1. The minimum atomic E-state index is -5.31. The van der Waals surface area contributed by atoms with Crippen molar-refractivity contribution in [1.82, 2.24) is 0 Å². The zero-order valence-electron chi connectivity index (χ0n) is 20.2. The second-order valence-electron chi connectivity index (χ2n) is 7.98. The van der Waals surface area contributed by atoms with Gasteiger partial charge in [0.1, 0.15) is 11.3 Å². The number of aryl methyl sites for hydroxylation is 1. The van der Waals surface area contributed by atoms with E-state index in [1.54, 1.807) is 18.2 Å². The first-order valence-electron chi connectivity index (χ1n) is 11.4. The van der Waals surface area contributed by atoms with Crippen molar-refractivity contribution in [3.8, 4) is 11.3 Å². The monoisotopic (exact) mass is 562 g/mol. The molecule has 12 heteroatoms. The summed E-state index contributed by atoms with van der Waals surface area (Å²) in [6, 6.07) is 14.6. The Balaban J connectivity index is 1.55. The number of hydrogen-bond acceptors (Lipinski definition) is 6. The third-order valence-electron chi connectivity index (χ3n) is 5.16. The number of hydrogen-bond donors (Lipinski definition) is 0. The molecule has 0 aliphatic rings. The van der Waals surface area contributed by atoms with Crippen molar-refractivity contribution >= 4 is 28.7 Å². The molecule has 3 aromatic rings. The molecule has 0 spiro atoms. The molecule has 0 N–H and O–H groups in total. The molecule has 0 saturated heterocycles. The van der Waals surface area contributed by atoms with E-state index in [-0.39, 0.29) is 5.75 Å². The van der Waals surface area contributed by atoms with E-state index in [2.05, 4.69) is 20.8 Å². The van der Waals surface area contributed by atoms with Gasteiger partial charge in [0.15, 0.2) is 0 Å². The Labute approximate surface area is 218 Å². The number of carbonyl (C=O) groups excluding carboxylic acids is 1.